The summed E-state index contributed by atoms with van der Waals surface area (Å²) in [5.74, 6) is 0.0555. The predicted molar refractivity (Wildman–Crippen MR) is 120 cm³/mol. The minimum atomic E-state index is -3.54. The number of benzene rings is 2. The van der Waals surface area contributed by atoms with Crippen LogP contribution in [0.2, 0.25) is 5.02 Å². The highest BCUT2D eigenvalue weighted by molar-refractivity contribution is 7.92. The molecule has 1 aliphatic rings. The maximum absolute atomic E-state index is 12.9. The standard InChI is InChI=1S/C22H27ClN2O4S/c1-4-15-6-7-16(5-2)17(12-15)14-24-22(26)21-10-11-25(30(3,27)28)19-13-18(23)8-9-20(19)29-21/h6-9,12-13,21H,4-5,10-11,14H2,1-3H3,(H,24,26)/t21-/m1/s1. The molecule has 1 amide bonds. The summed E-state index contributed by atoms with van der Waals surface area (Å²) in [6.45, 7) is 4.72. The van der Waals surface area contributed by atoms with E-state index >= 15 is 0 Å². The highest BCUT2D eigenvalue weighted by atomic mass is 35.5. The Hall–Kier alpha value is -2.25. The number of ether oxygens (including phenoxy) is 1. The van der Waals surface area contributed by atoms with E-state index < -0.39 is 16.1 Å². The van der Waals surface area contributed by atoms with Crippen molar-refractivity contribution in [3.63, 3.8) is 0 Å². The van der Waals surface area contributed by atoms with Gasteiger partial charge in [0.1, 0.15) is 5.75 Å². The van der Waals surface area contributed by atoms with Gasteiger partial charge in [-0.15, -0.1) is 0 Å². The molecule has 0 radical (unpaired) electrons. The third-order valence-electron chi connectivity index (χ3n) is 5.26. The Balaban J connectivity index is 1.79. The molecule has 1 N–H and O–H groups in total. The Morgan fingerprint density at radius 2 is 1.93 bits per heavy atom. The van der Waals surface area contributed by atoms with Crippen LogP contribution in [-0.4, -0.2) is 33.2 Å². The SMILES string of the molecule is CCc1ccc(CC)c(CNC(=O)[C@H]2CCN(S(C)(=O)=O)c3cc(Cl)ccc3O2)c1. The fourth-order valence-corrected chi connectivity index (χ4v) is 4.69. The normalized spacial score (nSPS) is 16.4. The molecule has 1 aliphatic heterocycles. The van der Waals surface area contributed by atoms with E-state index in [1.54, 1.807) is 18.2 Å². The zero-order valence-corrected chi connectivity index (χ0v) is 19.0. The maximum atomic E-state index is 12.9. The van der Waals surface area contributed by atoms with Crippen LogP contribution in [0.4, 0.5) is 5.69 Å². The maximum Gasteiger partial charge on any atom is 0.261 e. The number of amides is 1. The molecule has 0 fully saturated rings. The van der Waals surface area contributed by atoms with Crippen LogP contribution in [0.3, 0.4) is 0 Å². The molecule has 0 unspecified atom stereocenters. The smallest absolute Gasteiger partial charge is 0.261 e. The number of nitrogens with zero attached hydrogens (tertiary/aromatic N) is 1. The Morgan fingerprint density at radius 3 is 2.60 bits per heavy atom. The van der Waals surface area contributed by atoms with Crippen molar-refractivity contribution in [2.45, 2.75) is 45.8 Å². The third kappa shape index (κ3) is 5.08. The van der Waals surface area contributed by atoms with Crippen molar-refractivity contribution < 1.29 is 17.9 Å². The molecule has 0 spiro atoms. The van der Waals surface area contributed by atoms with Crippen LogP contribution in [0.1, 0.15) is 37.0 Å². The number of nitrogens with one attached hydrogen (secondary N) is 1. The van der Waals surface area contributed by atoms with Crippen LogP contribution in [-0.2, 0) is 34.2 Å². The second-order valence-corrected chi connectivity index (χ2v) is 9.71. The fourth-order valence-electron chi connectivity index (χ4n) is 3.59. The highest BCUT2D eigenvalue weighted by Gasteiger charge is 2.31. The number of halogens is 1. The molecule has 2 aromatic rings. The molecule has 0 aliphatic carbocycles. The quantitative estimate of drug-likeness (QED) is 0.728. The molecule has 30 heavy (non-hydrogen) atoms. The summed E-state index contributed by atoms with van der Waals surface area (Å²) in [6, 6.07) is 11.1. The number of hydrogen-bond acceptors (Lipinski definition) is 4. The van der Waals surface area contributed by atoms with Crippen LogP contribution >= 0.6 is 11.6 Å². The number of fused-ring (bicyclic) bond motifs is 1. The second-order valence-electron chi connectivity index (χ2n) is 7.37. The first-order valence-corrected chi connectivity index (χ1v) is 12.3. The topological polar surface area (TPSA) is 75.7 Å². The second kappa shape index (κ2) is 9.27. The van der Waals surface area contributed by atoms with Crippen LogP contribution in [0.25, 0.3) is 0 Å². The van der Waals surface area contributed by atoms with Gasteiger partial charge in [-0.25, -0.2) is 8.42 Å². The molecular formula is C22H27ClN2O4S. The largest absolute Gasteiger partial charge is 0.478 e. The summed E-state index contributed by atoms with van der Waals surface area (Å²) < 4.78 is 31.7. The summed E-state index contributed by atoms with van der Waals surface area (Å²) in [7, 11) is -3.54. The molecular weight excluding hydrogens is 424 g/mol. The first kappa shape index (κ1) is 22.4. The van der Waals surface area contributed by atoms with E-state index in [1.807, 2.05) is 0 Å². The van der Waals surface area contributed by atoms with Crippen LogP contribution < -0.4 is 14.4 Å². The molecule has 0 bridgehead atoms. The van der Waals surface area contributed by atoms with Crippen molar-refractivity contribution in [3.8, 4) is 5.75 Å². The van der Waals surface area contributed by atoms with E-state index in [2.05, 4.69) is 37.4 Å². The molecule has 0 aromatic heterocycles. The van der Waals surface area contributed by atoms with Gasteiger partial charge < -0.3 is 10.1 Å². The van der Waals surface area contributed by atoms with E-state index in [9.17, 15) is 13.2 Å². The lowest BCUT2D eigenvalue weighted by atomic mass is 10.0. The monoisotopic (exact) mass is 450 g/mol. The minimum Gasteiger partial charge on any atom is -0.478 e. The average Bonchev–Trinajstić information content (AvgIpc) is 2.91. The van der Waals surface area contributed by atoms with E-state index in [0.717, 1.165) is 24.7 Å². The van der Waals surface area contributed by atoms with Gasteiger partial charge in [-0.3, -0.25) is 9.10 Å². The van der Waals surface area contributed by atoms with Gasteiger partial charge in [0, 0.05) is 24.5 Å². The molecule has 1 atom stereocenters. The first-order valence-electron chi connectivity index (χ1n) is 10.0. The number of rotatable bonds is 6. The van der Waals surface area contributed by atoms with E-state index in [1.165, 1.54) is 15.4 Å². The van der Waals surface area contributed by atoms with Crippen molar-refractivity contribution in [1.82, 2.24) is 5.32 Å². The van der Waals surface area contributed by atoms with Crippen molar-refractivity contribution >= 4 is 33.2 Å². The lowest BCUT2D eigenvalue weighted by Gasteiger charge is -2.21. The average molecular weight is 451 g/mol. The molecule has 6 nitrogen and oxygen atoms in total. The van der Waals surface area contributed by atoms with Gasteiger partial charge in [0.15, 0.2) is 6.10 Å². The van der Waals surface area contributed by atoms with Crippen molar-refractivity contribution in [2.24, 2.45) is 0 Å². The number of aryl methyl sites for hydroxylation is 2. The third-order valence-corrected chi connectivity index (χ3v) is 6.67. The summed E-state index contributed by atoms with van der Waals surface area (Å²) in [4.78, 5) is 12.9. The van der Waals surface area contributed by atoms with Gasteiger partial charge in [-0.05, 0) is 47.7 Å². The molecule has 1 heterocycles. The van der Waals surface area contributed by atoms with Gasteiger partial charge in [0.25, 0.3) is 5.91 Å². The molecule has 162 valence electrons. The Bertz CT molecular complexity index is 1040. The van der Waals surface area contributed by atoms with Crippen molar-refractivity contribution in [2.75, 3.05) is 17.1 Å². The van der Waals surface area contributed by atoms with Crippen LogP contribution in [0, 0.1) is 0 Å². The highest BCUT2D eigenvalue weighted by Crippen LogP contribution is 2.36. The number of hydrogen-bond donors (Lipinski definition) is 1. The molecule has 3 rings (SSSR count). The molecule has 0 saturated carbocycles. The summed E-state index contributed by atoms with van der Waals surface area (Å²) in [5.41, 5.74) is 3.85. The van der Waals surface area contributed by atoms with Gasteiger partial charge in [0.2, 0.25) is 10.0 Å². The number of anilines is 1. The fraction of sp³-hybridized carbons (Fsp3) is 0.409. The van der Waals surface area contributed by atoms with Gasteiger partial charge in [-0.1, -0.05) is 43.6 Å². The zero-order chi connectivity index (χ0) is 21.9. The van der Waals surface area contributed by atoms with Crippen LogP contribution in [0.5, 0.6) is 5.75 Å². The molecule has 0 saturated heterocycles. The molecule has 8 heteroatoms. The number of carbonyl (C=O) groups excluding carboxylic acids is 1. The summed E-state index contributed by atoms with van der Waals surface area (Å²) in [5, 5.41) is 3.36. The Kier molecular flexibility index (Phi) is 6.93. The minimum absolute atomic E-state index is 0.135. The number of sulfonamides is 1. The van der Waals surface area contributed by atoms with Gasteiger partial charge in [0.05, 0.1) is 11.9 Å². The predicted octanol–water partition coefficient (Wildman–Crippen LogP) is 3.70. The summed E-state index contributed by atoms with van der Waals surface area (Å²) in [6.07, 6.45) is 2.38. The lowest BCUT2D eigenvalue weighted by molar-refractivity contribution is -0.128. The summed E-state index contributed by atoms with van der Waals surface area (Å²) >= 11 is 6.06. The van der Waals surface area contributed by atoms with Crippen molar-refractivity contribution in [3.05, 3.63) is 58.1 Å². The van der Waals surface area contributed by atoms with E-state index in [4.69, 9.17) is 16.3 Å². The number of carbonyl (C=O) groups is 1. The van der Waals surface area contributed by atoms with Crippen molar-refractivity contribution in [1.29, 1.82) is 0 Å². The van der Waals surface area contributed by atoms with Gasteiger partial charge >= 0.3 is 0 Å². The van der Waals surface area contributed by atoms with Gasteiger partial charge in [-0.2, -0.15) is 0 Å². The Labute approximate surface area is 183 Å². The van der Waals surface area contributed by atoms with Crippen LogP contribution in [0.15, 0.2) is 36.4 Å². The lowest BCUT2D eigenvalue weighted by Crippen LogP contribution is -2.39. The Morgan fingerprint density at radius 1 is 1.17 bits per heavy atom. The zero-order valence-electron chi connectivity index (χ0n) is 17.4. The first-order chi connectivity index (χ1) is 14.2. The molecule has 2 aromatic carbocycles. The van der Waals surface area contributed by atoms with E-state index in [-0.39, 0.29) is 18.9 Å². The van der Waals surface area contributed by atoms with E-state index in [0.29, 0.717) is 23.0 Å².